The van der Waals surface area contributed by atoms with Gasteiger partial charge in [0.05, 0.1) is 25.7 Å². The number of rotatable bonds is 11. The fraction of sp³-hybridized carbons (Fsp3) is 0.917. The Morgan fingerprint density at radius 3 is 2.59 bits per heavy atom. The van der Waals surface area contributed by atoms with Crippen LogP contribution in [0.1, 0.15) is 33.1 Å². The Bertz CT molecular complexity index is 199. The van der Waals surface area contributed by atoms with Crippen molar-refractivity contribution in [3.8, 4) is 0 Å². The first-order chi connectivity index (χ1) is 8.07. The van der Waals surface area contributed by atoms with Crippen LogP contribution in [-0.2, 0) is 9.53 Å². The second-order valence-electron chi connectivity index (χ2n) is 4.36. The normalized spacial score (nSPS) is 14.5. The highest BCUT2D eigenvalue weighted by Crippen LogP contribution is 2.09. The number of aliphatic hydroxyl groups is 1. The number of carbonyl (C=O) groups is 1. The number of aliphatic carboxylic acids is 1. The third-order valence-electron chi connectivity index (χ3n) is 2.67. The topological polar surface area (TPSA) is 78.8 Å². The molecule has 5 nitrogen and oxygen atoms in total. The van der Waals surface area contributed by atoms with Gasteiger partial charge in [-0.15, -0.1) is 0 Å². The van der Waals surface area contributed by atoms with Crippen LogP contribution in [0.3, 0.4) is 0 Å². The first-order valence-corrected chi connectivity index (χ1v) is 6.22. The predicted octanol–water partition coefficient (Wildman–Crippen LogP) is 0.864. The first kappa shape index (κ1) is 16.4. The molecule has 3 N–H and O–H groups in total. The van der Waals surface area contributed by atoms with Crippen molar-refractivity contribution in [3.05, 3.63) is 0 Å². The maximum absolute atomic E-state index is 10.6. The highest BCUT2D eigenvalue weighted by molar-refractivity contribution is 5.69. The average Bonchev–Trinajstić information content (AvgIpc) is 2.28. The Balaban J connectivity index is 3.34. The second kappa shape index (κ2) is 10.5. The van der Waals surface area contributed by atoms with Gasteiger partial charge in [0, 0.05) is 12.6 Å². The Morgan fingerprint density at radius 2 is 2.00 bits per heavy atom. The molecule has 0 saturated heterocycles. The minimum atomic E-state index is -0.719. The van der Waals surface area contributed by atoms with E-state index in [9.17, 15) is 4.79 Å². The molecule has 0 radical (unpaired) electrons. The molecular formula is C12H25NO4. The van der Waals surface area contributed by atoms with Crippen LogP contribution in [0.2, 0.25) is 0 Å². The summed E-state index contributed by atoms with van der Waals surface area (Å²) >= 11 is 0. The van der Waals surface area contributed by atoms with Crippen LogP contribution in [-0.4, -0.2) is 48.6 Å². The van der Waals surface area contributed by atoms with Crippen molar-refractivity contribution in [1.82, 2.24) is 5.32 Å². The lowest BCUT2D eigenvalue weighted by Gasteiger charge is -2.14. The van der Waals surface area contributed by atoms with Gasteiger partial charge in [-0.2, -0.15) is 0 Å². The molecule has 102 valence electrons. The minimum Gasteiger partial charge on any atom is -0.481 e. The van der Waals surface area contributed by atoms with E-state index in [1.807, 2.05) is 0 Å². The fourth-order valence-electron chi connectivity index (χ4n) is 1.50. The molecule has 2 unspecified atom stereocenters. The van der Waals surface area contributed by atoms with Crippen molar-refractivity contribution < 1.29 is 19.7 Å². The highest BCUT2D eigenvalue weighted by Gasteiger charge is 2.10. The summed E-state index contributed by atoms with van der Waals surface area (Å²) in [5.74, 6) is -0.974. The van der Waals surface area contributed by atoms with Gasteiger partial charge in [0.1, 0.15) is 0 Å². The number of nitrogens with one attached hydrogen (secondary N) is 1. The molecule has 0 spiro atoms. The van der Waals surface area contributed by atoms with Crippen molar-refractivity contribution in [2.24, 2.45) is 5.92 Å². The second-order valence-corrected chi connectivity index (χ2v) is 4.36. The minimum absolute atomic E-state index is 0.0582. The summed E-state index contributed by atoms with van der Waals surface area (Å²) in [6.07, 6.45) is 2.61. The molecule has 2 atom stereocenters. The van der Waals surface area contributed by atoms with Gasteiger partial charge in [-0.25, -0.2) is 0 Å². The quantitative estimate of drug-likeness (QED) is 0.472. The summed E-state index contributed by atoms with van der Waals surface area (Å²) in [4.78, 5) is 10.6. The average molecular weight is 247 g/mol. The summed E-state index contributed by atoms with van der Waals surface area (Å²) < 4.78 is 5.12. The third kappa shape index (κ3) is 10.2. The summed E-state index contributed by atoms with van der Waals surface area (Å²) in [6, 6.07) is 0.369. The highest BCUT2D eigenvalue weighted by atomic mass is 16.5. The predicted molar refractivity (Wildman–Crippen MR) is 66.0 cm³/mol. The Morgan fingerprint density at radius 1 is 1.29 bits per heavy atom. The van der Waals surface area contributed by atoms with Crippen LogP contribution < -0.4 is 5.32 Å². The maximum Gasteiger partial charge on any atom is 0.306 e. The smallest absolute Gasteiger partial charge is 0.306 e. The first-order valence-electron chi connectivity index (χ1n) is 6.22. The lowest BCUT2D eigenvalue weighted by molar-refractivity contribution is -0.141. The SMILES string of the molecule is CC(CCCC(C)C(=O)O)NCCOCCO. The third-order valence-corrected chi connectivity index (χ3v) is 2.67. The maximum atomic E-state index is 10.6. The summed E-state index contributed by atoms with van der Waals surface area (Å²) in [6.45, 7) is 5.61. The lowest BCUT2D eigenvalue weighted by Crippen LogP contribution is -2.29. The zero-order chi connectivity index (χ0) is 13.1. The van der Waals surface area contributed by atoms with Gasteiger partial charge in [0.25, 0.3) is 0 Å². The van der Waals surface area contributed by atoms with Gasteiger partial charge in [0.15, 0.2) is 0 Å². The van der Waals surface area contributed by atoms with Crippen LogP contribution in [0.15, 0.2) is 0 Å². The number of aliphatic hydroxyl groups excluding tert-OH is 1. The molecule has 0 aromatic rings. The van der Waals surface area contributed by atoms with Gasteiger partial charge in [0.2, 0.25) is 0 Å². The molecule has 0 saturated carbocycles. The van der Waals surface area contributed by atoms with E-state index in [0.717, 1.165) is 25.8 Å². The Labute approximate surface area is 103 Å². The van der Waals surface area contributed by atoms with Crippen LogP contribution in [0.4, 0.5) is 0 Å². The molecule has 0 bridgehead atoms. The number of hydrogen-bond donors (Lipinski definition) is 3. The van der Waals surface area contributed by atoms with Crippen molar-refractivity contribution in [1.29, 1.82) is 0 Å². The number of ether oxygens (including phenoxy) is 1. The number of carboxylic acids is 1. The van der Waals surface area contributed by atoms with E-state index in [0.29, 0.717) is 19.3 Å². The molecule has 0 heterocycles. The molecule has 0 amide bonds. The van der Waals surface area contributed by atoms with Crippen LogP contribution in [0.25, 0.3) is 0 Å². The van der Waals surface area contributed by atoms with E-state index < -0.39 is 5.97 Å². The van der Waals surface area contributed by atoms with Crippen LogP contribution >= 0.6 is 0 Å². The number of hydrogen-bond acceptors (Lipinski definition) is 4. The molecule has 0 rings (SSSR count). The van der Waals surface area contributed by atoms with E-state index in [1.54, 1.807) is 6.92 Å². The zero-order valence-electron chi connectivity index (χ0n) is 10.8. The van der Waals surface area contributed by atoms with Gasteiger partial charge >= 0.3 is 5.97 Å². The molecule has 0 aromatic heterocycles. The van der Waals surface area contributed by atoms with Crippen LogP contribution in [0.5, 0.6) is 0 Å². The van der Waals surface area contributed by atoms with Crippen molar-refractivity contribution in [2.45, 2.75) is 39.2 Å². The van der Waals surface area contributed by atoms with Gasteiger partial charge in [-0.1, -0.05) is 13.3 Å². The van der Waals surface area contributed by atoms with Crippen molar-refractivity contribution >= 4 is 5.97 Å². The molecule has 0 aromatic carbocycles. The van der Waals surface area contributed by atoms with E-state index in [4.69, 9.17) is 14.9 Å². The van der Waals surface area contributed by atoms with E-state index in [2.05, 4.69) is 12.2 Å². The number of carboxylic acid groups (broad SMARTS) is 1. The monoisotopic (exact) mass is 247 g/mol. The molecule has 5 heteroatoms. The largest absolute Gasteiger partial charge is 0.481 e. The molecule has 0 aliphatic heterocycles. The Hall–Kier alpha value is -0.650. The van der Waals surface area contributed by atoms with Gasteiger partial charge in [-0.05, 0) is 19.8 Å². The van der Waals surface area contributed by atoms with Gasteiger partial charge < -0.3 is 20.3 Å². The molecule has 0 aliphatic carbocycles. The zero-order valence-corrected chi connectivity index (χ0v) is 10.8. The van der Waals surface area contributed by atoms with Crippen molar-refractivity contribution in [3.63, 3.8) is 0 Å². The fourth-order valence-corrected chi connectivity index (χ4v) is 1.50. The Kier molecular flexibility index (Phi) is 10.1. The van der Waals surface area contributed by atoms with E-state index in [-0.39, 0.29) is 12.5 Å². The molecule has 17 heavy (non-hydrogen) atoms. The summed E-state index contributed by atoms with van der Waals surface area (Å²) in [5, 5.41) is 20.5. The summed E-state index contributed by atoms with van der Waals surface area (Å²) in [7, 11) is 0. The lowest BCUT2D eigenvalue weighted by atomic mass is 10.0. The molecule has 0 fully saturated rings. The summed E-state index contributed by atoms with van der Waals surface area (Å²) in [5.41, 5.74) is 0. The van der Waals surface area contributed by atoms with E-state index in [1.165, 1.54) is 0 Å². The van der Waals surface area contributed by atoms with Gasteiger partial charge in [-0.3, -0.25) is 4.79 Å². The standard InChI is InChI=1S/C12H25NO4/c1-10(12(15)16)4-3-5-11(2)13-6-8-17-9-7-14/h10-11,13-14H,3-9H2,1-2H3,(H,15,16). The van der Waals surface area contributed by atoms with Crippen LogP contribution in [0, 0.1) is 5.92 Å². The molecular weight excluding hydrogens is 222 g/mol. The van der Waals surface area contributed by atoms with E-state index >= 15 is 0 Å². The molecule has 0 aliphatic rings. The van der Waals surface area contributed by atoms with Crippen molar-refractivity contribution in [2.75, 3.05) is 26.4 Å².